The van der Waals surface area contributed by atoms with E-state index in [1.54, 1.807) is 0 Å². The predicted molar refractivity (Wildman–Crippen MR) is 279 cm³/mol. The molecular weight excluding hydrogens is 897 g/mol. The van der Waals surface area contributed by atoms with Crippen LogP contribution in [0.3, 0.4) is 0 Å². The van der Waals surface area contributed by atoms with E-state index in [0.29, 0.717) is 12.8 Å². The Balaban J connectivity index is 2.35. The lowest BCUT2D eigenvalue weighted by Gasteiger charge is -2.40. The fourth-order valence-electron chi connectivity index (χ4n) is 8.37. The molecule has 1 fully saturated rings. The summed E-state index contributed by atoms with van der Waals surface area (Å²) in [5.41, 5.74) is 0. The van der Waals surface area contributed by atoms with Crippen molar-refractivity contribution in [1.29, 1.82) is 0 Å². The average Bonchev–Trinajstić information content (AvgIpc) is 3.32. The fourth-order valence-corrected chi connectivity index (χ4v) is 9.06. The van der Waals surface area contributed by atoms with Gasteiger partial charge in [0.05, 0.1) is 6.61 Å². The summed E-state index contributed by atoms with van der Waals surface area (Å²) in [4.78, 5) is 25.6. The van der Waals surface area contributed by atoms with Crippen LogP contribution in [0.4, 0.5) is 0 Å². The lowest BCUT2D eigenvalue weighted by molar-refractivity contribution is -0.297. The fraction of sp³-hybridized carbons (Fsp3) is 0.821. The largest absolute Gasteiger partial charge is 0.462 e. The van der Waals surface area contributed by atoms with Gasteiger partial charge < -0.3 is 34.3 Å². The molecule has 69 heavy (non-hydrogen) atoms. The highest BCUT2D eigenvalue weighted by Gasteiger charge is 2.46. The molecule has 0 spiro atoms. The maximum absolute atomic E-state index is 12.9. The second kappa shape index (κ2) is 45.5. The summed E-state index contributed by atoms with van der Waals surface area (Å²) in [6, 6.07) is 0. The van der Waals surface area contributed by atoms with Gasteiger partial charge in [0.25, 0.3) is 10.1 Å². The van der Waals surface area contributed by atoms with E-state index >= 15 is 0 Å². The Morgan fingerprint density at radius 2 is 0.870 bits per heavy atom. The summed E-state index contributed by atoms with van der Waals surface area (Å²) >= 11 is 0. The zero-order valence-corrected chi connectivity index (χ0v) is 44.2. The monoisotopic (exact) mass is 997 g/mol. The first-order valence-electron chi connectivity index (χ1n) is 27.7. The van der Waals surface area contributed by atoms with E-state index in [0.717, 1.165) is 57.8 Å². The Kier molecular flexibility index (Phi) is 42.6. The third kappa shape index (κ3) is 39.9. The van der Waals surface area contributed by atoms with Crippen LogP contribution in [0, 0.1) is 0 Å². The number of aliphatic hydroxyl groups is 3. The topological polar surface area (TPSA) is 186 Å². The van der Waals surface area contributed by atoms with E-state index in [-0.39, 0.29) is 19.4 Å². The minimum absolute atomic E-state index is 0.160. The van der Waals surface area contributed by atoms with Gasteiger partial charge in [0, 0.05) is 12.8 Å². The molecule has 2 unspecified atom stereocenters. The lowest BCUT2D eigenvalue weighted by Crippen LogP contribution is -2.60. The molecule has 0 aromatic carbocycles. The second-order valence-electron chi connectivity index (χ2n) is 19.3. The van der Waals surface area contributed by atoms with Gasteiger partial charge in [-0.25, -0.2) is 0 Å². The predicted octanol–water partition coefficient (Wildman–Crippen LogP) is 13.1. The highest BCUT2D eigenvalue weighted by molar-refractivity contribution is 7.85. The number of hydrogen-bond acceptors (Lipinski definition) is 11. The third-order valence-electron chi connectivity index (χ3n) is 12.7. The third-order valence-corrected chi connectivity index (χ3v) is 13.4. The molecule has 402 valence electrons. The summed E-state index contributed by atoms with van der Waals surface area (Å²) in [5, 5.41) is 31.0. The van der Waals surface area contributed by atoms with Crippen LogP contribution >= 0.6 is 0 Å². The molecule has 13 heteroatoms. The first-order valence-corrected chi connectivity index (χ1v) is 29.3. The molecule has 1 rings (SSSR count). The summed E-state index contributed by atoms with van der Waals surface area (Å²) in [5.74, 6) is -2.01. The number of hydrogen-bond donors (Lipinski definition) is 4. The molecule has 1 saturated heterocycles. The van der Waals surface area contributed by atoms with Gasteiger partial charge in [-0.3, -0.25) is 14.1 Å². The maximum Gasteiger partial charge on any atom is 0.306 e. The number of esters is 2. The van der Waals surface area contributed by atoms with Gasteiger partial charge in [-0.1, -0.05) is 217 Å². The van der Waals surface area contributed by atoms with Crippen LogP contribution in [0.25, 0.3) is 0 Å². The van der Waals surface area contributed by atoms with Crippen molar-refractivity contribution in [3.05, 3.63) is 48.6 Å². The number of carbonyl (C=O) groups excluding carboxylic acids is 2. The Labute approximate surface area is 420 Å². The van der Waals surface area contributed by atoms with Crippen LogP contribution in [-0.2, 0) is 38.7 Å². The zero-order valence-electron chi connectivity index (χ0n) is 43.4. The van der Waals surface area contributed by atoms with Crippen LogP contribution in [0.1, 0.15) is 239 Å². The zero-order chi connectivity index (χ0) is 50.5. The van der Waals surface area contributed by atoms with Crippen LogP contribution in [0.15, 0.2) is 48.6 Å². The molecule has 12 nitrogen and oxygen atoms in total. The number of aliphatic hydroxyl groups excluding tert-OH is 3. The van der Waals surface area contributed by atoms with Crippen molar-refractivity contribution >= 4 is 22.1 Å². The Hall–Kier alpha value is -2.39. The summed E-state index contributed by atoms with van der Waals surface area (Å²) in [7, 11) is -4.61. The number of rotatable bonds is 47. The summed E-state index contributed by atoms with van der Waals surface area (Å²) in [6.45, 7) is 3.75. The van der Waals surface area contributed by atoms with Gasteiger partial charge in [0.2, 0.25) is 0 Å². The van der Waals surface area contributed by atoms with E-state index in [1.165, 1.54) is 141 Å². The molecule has 0 amide bonds. The minimum atomic E-state index is -4.61. The van der Waals surface area contributed by atoms with Gasteiger partial charge in [0.15, 0.2) is 12.4 Å². The molecule has 1 heterocycles. The van der Waals surface area contributed by atoms with Gasteiger partial charge >= 0.3 is 11.9 Å². The van der Waals surface area contributed by atoms with Gasteiger partial charge in [0.1, 0.15) is 36.8 Å². The average molecular weight is 997 g/mol. The molecule has 1 aliphatic heterocycles. The Bertz CT molecular complexity index is 1450. The van der Waals surface area contributed by atoms with Gasteiger partial charge in [-0.05, 0) is 57.8 Å². The Morgan fingerprint density at radius 1 is 0.493 bits per heavy atom. The normalized spacial score (nSPS) is 19.4. The van der Waals surface area contributed by atoms with E-state index in [4.69, 9.17) is 18.9 Å². The second-order valence-corrected chi connectivity index (χ2v) is 20.8. The van der Waals surface area contributed by atoms with Gasteiger partial charge in [-0.2, -0.15) is 8.42 Å². The maximum atomic E-state index is 12.9. The highest BCUT2D eigenvalue weighted by Crippen LogP contribution is 2.24. The van der Waals surface area contributed by atoms with E-state index < -0.39 is 71.2 Å². The molecule has 0 radical (unpaired) electrons. The van der Waals surface area contributed by atoms with Crippen LogP contribution in [0.5, 0.6) is 0 Å². The molecule has 0 aromatic rings. The van der Waals surface area contributed by atoms with Crippen molar-refractivity contribution in [3.8, 4) is 0 Å². The Morgan fingerprint density at radius 3 is 1.32 bits per heavy atom. The molecular formula is C56H100O12S. The number of ether oxygens (including phenoxy) is 4. The van der Waals surface area contributed by atoms with Crippen LogP contribution in [0.2, 0.25) is 0 Å². The molecule has 0 aliphatic carbocycles. The van der Waals surface area contributed by atoms with Crippen molar-refractivity contribution in [2.24, 2.45) is 0 Å². The molecule has 0 bridgehead atoms. The van der Waals surface area contributed by atoms with Crippen molar-refractivity contribution in [2.75, 3.05) is 19.0 Å². The first kappa shape index (κ1) is 64.6. The smallest absolute Gasteiger partial charge is 0.306 e. The molecule has 4 N–H and O–H groups in total. The number of carbonyl (C=O) groups is 2. The molecule has 1 aliphatic rings. The quantitative estimate of drug-likeness (QED) is 0.0196. The summed E-state index contributed by atoms with van der Waals surface area (Å²) < 4.78 is 54.3. The molecule has 6 atom stereocenters. The first-order chi connectivity index (χ1) is 33.5. The highest BCUT2D eigenvalue weighted by atomic mass is 32.2. The van der Waals surface area contributed by atoms with E-state index in [9.17, 15) is 37.9 Å². The van der Waals surface area contributed by atoms with Crippen LogP contribution in [-0.4, -0.2) is 96.0 Å². The molecule has 0 aromatic heterocycles. The molecule has 0 saturated carbocycles. The standard InChI is InChI=1S/C56H100O12S/c1-3-5-7-9-11-13-15-17-19-21-23-24-25-27-29-31-33-35-37-39-41-43-45-52(58)67-49(47-66-56-55(61)54(60)53(59)50(68-56)48-69(62,63)64)46-65-51(57)44-42-40-38-36-34-32-30-28-26-22-20-18-16-14-12-10-8-6-4-2/h12,14,18,20,26,28,32,34,49-50,53-56,59-61H,3-11,13,15-17,19,21-25,27,29-31,33,35-48H2,1-2H3,(H,62,63,64)/b14-12+,20-18+,28-26+,34-32+/t49-,50-,53-,54?,55?,56+/m1/s1. The van der Waals surface area contributed by atoms with Crippen LogP contribution < -0.4 is 0 Å². The van der Waals surface area contributed by atoms with E-state index in [2.05, 4.69) is 62.5 Å². The number of allylic oxidation sites excluding steroid dienone is 8. The van der Waals surface area contributed by atoms with Gasteiger partial charge in [-0.15, -0.1) is 0 Å². The lowest BCUT2D eigenvalue weighted by atomic mass is 10.00. The van der Waals surface area contributed by atoms with Crippen molar-refractivity contribution in [3.63, 3.8) is 0 Å². The minimum Gasteiger partial charge on any atom is -0.462 e. The van der Waals surface area contributed by atoms with Crippen molar-refractivity contribution in [1.82, 2.24) is 0 Å². The SMILES string of the molecule is CCCCC/C=C/C/C=C/C/C=C/C/C=C/CCCCCC(=O)OC[C@H](CO[C@H]1O[C@H](CS(=O)(=O)O)[C@@H](O)C(O)C1O)OC(=O)CCCCCCCCCCCCCCCCCCCCCCCC. The summed E-state index contributed by atoms with van der Waals surface area (Å²) in [6.07, 6.45) is 47.2. The van der Waals surface area contributed by atoms with E-state index in [1.807, 2.05) is 0 Å². The number of unbranched alkanes of at least 4 members (excludes halogenated alkanes) is 27. The van der Waals surface area contributed by atoms with Crippen molar-refractivity contribution in [2.45, 2.75) is 275 Å². The van der Waals surface area contributed by atoms with Crippen molar-refractivity contribution < 1.29 is 56.8 Å².